The highest BCUT2D eigenvalue weighted by atomic mass is 32.1. The van der Waals surface area contributed by atoms with Crippen LogP contribution in [0.3, 0.4) is 0 Å². The van der Waals surface area contributed by atoms with E-state index >= 15 is 0 Å². The molecule has 2 amide bonds. The maximum Gasteiger partial charge on any atom is 0.357 e. The highest BCUT2D eigenvalue weighted by Gasteiger charge is 2.18. The number of thiazole rings is 1. The predicted octanol–water partition coefficient (Wildman–Crippen LogP) is 2.60. The number of urea groups is 1. The van der Waals surface area contributed by atoms with Crippen LogP contribution in [0, 0.1) is 0 Å². The Morgan fingerprint density at radius 3 is 2.62 bits per heavy atom. The molecule has 21 heavy (non-hydrogen) atoms. The summed E-state index contributed by atoms with van der Waals surface area (Å²) in [5, 5.41) is 2.40. The van der Waals surface area contributed by atoms with Crippen molar-refractivity contribution >= 4 is 23.3 Å². The van der Waals surface area contributed by atoms with Gasteiger partial charge < -0.3 is 14.5 Å². The van der Waals surface area contributed by atoms with Gasteiger partial charge in [0.25, 0.3) is 0 Å². The maximum atomic E-state index is 12.2. The van der Waals surface area contributed by atoms with Gasteiger partial charge in [0.05, 0.1) is 13.7 Å². The molecule has 0 N–H and O–H groups in total. The lowest BCUT2D eigenvalue weighted by Crippen LogP contribution is -2.39. The molecule has 0 aliphatic carbocycles. The van der Waals surface area contributed by atoms with Crippen LogP contribution >= 0.6 is 11.3 Å². The molecular weight excluding hydrogens is 290 g/mol. The molecule has 0 fully saturated rings. The van der Waals surface area contributed by atoms with Crippen LogP contribution in [-0.4, -0.2) is 54.5 Å². The summed E-state index contributed by atoms with van der Waals surface area (Å²) in [4.78, 5) is 31.1. The fraction of sp³-hybridized carbons (Fsp3) is 0.643. The summed E-state index contributed by atoms with van der Waals surface area (Å²) in [5.41, 5.74) is 0.295. The summed E-state index contributed by atoms with van der Waals surface area (Å²) >= 11 is 1.37. The molecule has 1 aromatic rings. The van der Waals surface area contributed by atoms with Gasteiger partial charge in [0.1, 0.15) is 5.01 Å². The Morgan fingerprint density at radius 1 is 1.33 bits per heavy atom. The summed E-state index contributed by atoms with van der Waals surface area (Å²) in [6, 6.07) is -0.0408. The number of carbonyl (C=O) groups excluding carboxylic acids is 2. The molecule has 0 aliphatic rings. The van der Waals surface area contributed by atoms with Crippen molar-refractivity contribution in [3.63, 3.8) is 0 Å². The van der Waals surface area contributed by atoms with Crippen molar-refractivity contribution in [3.05, 3.63) is 16.1 Å². The minimum Gasteiger partial charge on any atom is -0.464 e. The average molecular weight is 313 g/mol. The van der Waals surface area contributed by atoms with Crippen LogP contribution in [0.2, 0.25) is 0 Å². The number of carbonyl (C=O) groups is 2. The maximum absolute atomic E-state index is 12.2. The second-order valence-electron chi connectivity index (χ2n) is 4.92. The number of amides is 2. The highest BCUT2D eigenvalue weighted by Crippen LogP contribution is 2.15. The Bertz CT molecular complexity index is 474. The molecule has 0 spiro atoms. The van der Waals surface area contributed by atoms with E-state index < -0.39 is 5.97 Å². The van der Waals surface area contributed by atoms with Gasteiger partial charge in [-0.3, -0.25) is 0 Å². The molecule has 0 saturated heterocycles. The third-order valence-electron chi connectivity index (χ3n) is 2.96. The summed E-state index contributed by atoms with van der Waals surface area (Å²) in [5.74, 6) is -0.450. The molecular formula is C14H23N3O3S. The number of aromatic nitrogens is 1. The first-order valence-corrected chi connectivity index (χ1v) is 7.86. The fourth-order valence-electron chi connectivity index (χ4n) is 1.82. The van der Waals surface area contributed by atoms with Crippen LogP contribution in [0.25, 0.3) is 0 Å². The number of nitrogens with zero attached hydrogens (tertiary/aromatic N) is 3. The number of hydrogen-bond donors (Lipinski definition) is 0. The Balaban J connectivity index is 2.73. The van der Waals surface area contributed by atoms with Gasteiger partial charge in [-0.15, -0.1) is 11.3 Å². The van der Waals surface area contributed by atoms with E-state index in [4.69, 9.17) is 0 Å². The Morgan fingerprint density at radius 2 is 2.05 bits per heavy atom. The predicted molar refractivity (Wildman–Crippen MR) is 82.5 cm³/mol. The van der Waals surface area contributed by atoms with Crippen LogP contribution in [0.1, 0.15) is 41.7 Å². The van der Waals surface area contributed by atoms with E-state index in [9.17, 15) is 9.59 Å². The van der Waals surface area contributed by atoms with Crippen LogP contribution in [-0.2, 0) is 11.3 Å². The minimum atomic E-state index is -0.450. The molecule has 1 rings (SSSR count). The molecule has 0 atom stereocenters. The molecule has 7 heteroatoms. The van der Waals surface area contributed by atoms with Crippen molar-refractivity contribution in [2.24, 2.45) is 0 Å². The first-order valence-electron chi connectivity index (χ1n) is 6.98. The van der Waals surface area contributed by atoms with E-state index in [1.54, 1.807) is 29.3 Å². The molecule has 0 saturated carbocycles. The third kappa shape index (κ3) is 5.34. The standard InChI is InChI=1S/C14H23N3O3S/c1-5-6-7-8-17(14(19)16(2)3)9-12-15-11(10-21-12)13(18)20-4/h10H,5-9H2,1-4H3. The smallest absolute Gasteiger partial charge is 0.357 e. The van der Waals surface area contributed by atoms with Gasteiger partial charge in [-0.1, -0.05) is 19.8 Å². The monoisotopic (exact) mass is 313 g/mol. The molecule has 118 valence electrons. The summed E-state index contributed by atoms with van der Waals surface area (Å²) in [6.07, 6.45) is 3.15. The molecule has 6 nitrogen and oxygen atoms in total. The Kier molecular flexibility index (Phi) is 7.14. The van der Waals surface area contributed by atoms with E-state index in [0.717, 1.165) is 24.3 Å². The van der Waals surface area contributed by atoms with Crippen molar-refractivity contribution in [1.82, 2.24) is 14.8 Å². The van der Waals surface area contributed by atoms with Crippen molar-refractivity contribution in [3.8, 4) is 0 Å². The fourth-order valence-corrected chi connectivity index (χ4v) is 2.60. The molecule has 0 bridgehead atoms. The van der Waals surface area contributed by atoms with Crippen LogP contribution < -0.4 is 0 Å². The van der Waals surface area contributed by atoms with E-state index in [1.165, 1.54) is 18.4 Å². The lowest BCUT2D eigenvalue weighted by Gasteiger charge is -2.25. The summed E-state index contributed by atoms with van der Waals surface area (Å²) in [7, 11) is 4.79. The highest BCUT2D eigenvalue weighted by molar-refractivity contribution is 7.09. The van der Waals surface area contributed by atoms with Crippen molar-refractivity contribution in [2.45, 2.75) is 32.7 Å². The van der Waals surface area contributed by atoms with E-state index in [1.807, 2.05) is 0 Å². The summed E-state index contributed by atoms with van der Waals surface area (Å²) in [6.45, 7) is 3.24. The third-order valence-corrected chi connectivity index (χ3v) is 3.79. The first-order chi connectivity index (χ1) is 9.99. The second-order valence-corrected chi connectivity index (χ2v) is 5.87. The quantitative estimate of drug-likeness (QED) is 0.573. The Labute approximate surface area is 129 Å². The van der Waals surface area contributed by atoms with Gasteiger partial charge in [-0.2, -0.15) is 0 Å². The molecule has 0 aliphatic heterocycles. The second kappa shape index (κ2) is 8.61. The number of unbranched alkanes of at least 4 members (excludes halogenated alkanes) is 2. The molecule has 1 heterocycles. The number of ether oxygens (including phenoxy) is 1. The van der Waals surface area contributed by atoms with Gasteiger partial charge in [-0.25, -0.2) is 14.6 Å². The van der Waals surface area contributed by atoms with Crippen molar-refractivity contribution in [2.75, 3.05) is 27.7 Å². The lowest BCUT2D eigenvalue weighted by atomic mass is 10.2. The van der Waals surface area contributed by atoms with Crippen molar-refractivity contribution in [1.29, 1.82) is 0 Å². The van der Waals surface area contributed by atoms with E-state index in [-0.39, 0.29) is 6.03 Å². The molecule has 0 aromatic carbocycles. The number of rotatable bonds is 7. The zero-order valence-corrected chi connectivity index (χ0v) is 13.9. The van der Waals surface area contributed by atoms with Gasteiger partial charge in [0, 0.05) is 26.0 Å². The van der Waals surface area contributed by atoms with Gasteiger partial charge >= 0.3 is 12.0 Å². The topological polar surface area (TPSA) is 62.7 Å². The molecule has 1 aromatic heterocycles. The minimum absolute atomic E-state index is 0.0408. The van der Waals surface area contributed by atoms with E-state index in [2.05, 4.69) is 16.6 Å². The lowest BCUT2D eigenvalue weighted by molar-refractivity contribution is 0.0594. The van der Waals surface area contributed by atoms with Gasteiger partial charge in [-0.05, 0) is 6.42 Å². The molecule has 0 unspecified atom stereocenters. The largest absolute Gasteiger partial charge is 0.464 e. The van der Waals surface area contributed by atoms with Gasteiger partial charge in [0.2, 0.25) is 0 Å². The summed E-state index contributed by atoms with van der Waals surface area (Å²) < 4.78 is 4.64. The van der Waals surface area contributed by atoms with Crippen LogP contribution in [0.5, 0.6) is 0 Å². The normalized spacial score (nSPS) is 10.3. The SMILES string of the molecule is CCCCCN(Cc1nc(C(=O)OC)cs1)C(=O)N(C)C. The number of methoxy groups -OCH3 is 1. The zero-order valence-electron chi connectivity index (χ0n) is 13.1. The number of hydrogen-bond acceptors (Lipinski definition) is 5. The number of esters is 1. The zero-order chi connectivity index (χ0) is 15.8. The van der Waals surface area contributed by atoms with Gasteiger partial charge in [0.15, 0.2) is 5.69 Å². The Hall–Kier alpha value is -1.63. The van der Waals surface area contributed by atoms with Crippen LogP contribution in [0.4, 0.5) is 4.79 Å². The molecule has 0 radical (unpaired) electrons. The average Bonchev–Trinajstić information content (AvgIpc) is 2.93. The van der Waals surface area contributed by atoms with Crippen molar-refractivity contribution < 1.29 is 14.3 Å². The first kappa shape index (κ1) is 17.4. The van der Waals surface area contributed by atoms with E-state index in [0.29, 0.717) is 18.8 Å². The van der Waals surface area contributed by atoms with Crippen LogP contribution in [0.15, 0.2) is 5.38 Å².